The Kier molecular flexibility index (Phi) is 6.08. The zero-order valence-electron chi connectivity index (χ0n) is 17.5. The number of hydrogen-bond acceptors (Lipinski definition) is 2. The second-order valence-corrected chi connectivity index (χ2v) is 8.63. The Balaban J connectivity index is 1.48. The third-order valence-electron chi connectivity index (χ3n) is 6.37. The Morgan fingerprint density at radius 1 is 0.967 bits per heavy atom. The summed E-state index contributed by atoms with van der Waals surface area (Å²) in [6.45, 7) is 1.98. The lowest BCUT2D eigenvalue weighted by atomic mass is 9.66. The Morgan fingerprint density at radius 3 is 2.43 bits per heavy atom. The standard InChI is InChI=1S/C27H28FNO/c1-20-16-23(12-15-29-20)22-10-8-21(9-11-22)17-26(30)19-27(13-3-2-4-14-27)24-6-5-7-25(28)18-24/h5-12,15-16,18H,2-4,13-14,17,19H2,1H3. The minimum Gasteiger partial charge on any atom is -0.299 e. The topological polar surface area (TPSA) is 30.0 Å². The number of carbonyl (C=O) groups excluding carboxylic acids is 1. The van der Waals surface area contributed by atoms with Crippen LogP contribution in [-0.4, -0.2) is 10.8 Å². The minimum absolute atomic E-state index is 0.216. The fourth-order valence-electron chi connectivity index (χ4n) is 4.82. The molecule has 0 spiro atoms. The van der Waals surface area contributed by atoms with Crippen molar-refractivity contribution in [3.05, 3.63) is 89.5 Å². The van der Waals surface area contributed by atoms with Gasteiger partial charge in [0.2, 0.25) is 0 Å². The van der Waals surface area contributed by atoms with Gasteiger partial charge in [0.1, 0.15) is 11.6 Å². The minimum atomic E-state index is -0.216. The fourth-order valence-corrected chi connectivity index (χ4v) is 4.82. The van der Waals surface area contributed by atoms with Crippen LogP contribution in [-0.2, 0) is 16.6 Å². The first-order valence-electron chi connectivity index (χ1n) is 10.8. The van der Waals surface area contributed by atoms with Crippen molar-refractivity contribution in [1.29, 1.82) is 0 Å². The van der Waals surface area contributed by atoms with Crippen molar-refractivity contribution in [3.8, 4) is 11.1 Å². The number of halogens is 1. The first kappa shape index (κ1) is 20.5. The lowest BCUT2D eigenvalue weighted by molar-refractivity contribution is -0.120. The third-order valence-corrected chi connectivity index (χ3v) is 6.37. The Morgan fingerprint density at radius 2 is 1.73 bits per heavy atom. The molecule has 3 heteroatoms. The molecule has 1 saturated carbocycles. The van der Waals surface area contributed by atoms with Crippen molar-refractivity contribution < 1.29 is 9.18 Å². The van der Waals surface area contributed by atoms with Crippen LogP contribution >= 0.6 is 0 Å². The Hall–Kier alpha value is -2.81. The van der Waals surface area contributed by atoms with Crippen LogP contribution in [0.1, 0.15) is 55.3 Å². The summed E-state index contributed by atoms with van der Waals surface area (Å²) < 4.78 is 13.9. The van der Waals surface area contributed by atoms with E-state index < -0.39 is 0 Å². The summed E-state index contributed by atoms with van der Waals surface area (Å²) in [6, 6.07) is 19.2. The average Bonchev–Trinajstić information content (AvgIpc) is 2.75. The molecule has 1 aliphatic carbocycles. The summed E-state index contributed by atoms with van der Waals surface area (Å²) >= 11 is 0. The average molecular weight is 402 g/mol. The summed E-state index contributed by atoms with van der Waals surface area (Å²) in [7, 11) is 0. The molecule has 2 aromatic carbocycles. The van der Waals surface area contributed by atoms with Crippen molar-refractivity contribution in [2.75, 3.05) is 0 Å². The molecule has 1 aliphatic rings. The van der Waals surface area contributed by atoms with Crippen LogP contribution in [0.2, 0.25) is 0 Å². The van der Waals surface area contributed by atoms with Crippen molar-refractivity contribution in [2.24, 2.45) is 0 Å². The van der Waals surface area contributed by atoms with E-state index in [1.54, 1.807) is 12.1 Å². The molecule has 1 heterocycles. The summed E-state index contributed by atoms with van der Waals surface area (Å²) in [5.74, 6) is 0.0144. The van der Waals surface area contributed by atoms with Gasteiger partial charge < -0.3 is 0 Å². The van der Waals surface area contributed by atoms with Gasteiger partial charge in [0.05, 0.1) is 0 Å². The SMILES string of the molecule is Cc1cc(-c2ccc(CC(=O)CC3(c4cccc(F)c4)CCCCC3)cc2)ccn1. The van der Waals surface area contributed by atoms with Crippen LogP contribution < -0.4 is 0 Å². The third kappa shape index (κ3) is 4.67. The van der Waals surface area contributed by atoms with E-state index in [1.165, 1.54) is 12.5 Å². The van der Waals surface area contributed by atoms with Crippen molar-refractivity contribution >= 4 is 5.78 Å². The van der Waals surface area contributed by atoms with Gasteiger partial charge in [-0.3, -0.25) is 9.78 Å². The van der Waals surface area contributed by atoms with E-state index in [9.17, 15) is 9.18 Å². The summed E-state index contributed by atoms with van der Waals surface area (Å²) in [4.78, 5) is 17.3. The van der Waals surface area contributed by atoms with E-state index in [1.807, 2.05) is 37.4 Å². The molecular weight excluding hydrogens is 373 g/mol. The quantitative estimate of drug-likeness (QED) is 0.466. The second-order valence-electron chi connectivity index (χ2n) is 8.63. The molecule has 154 valence electrons. The van der Waals surface area contributed by atoms with Crippen LogP contribution in [0.25, 0.3) is 11.1 Å². The van der Waals surface area contributed by atoms with Gasteiger partial charge in [-0.2, -0.15) is 0 Å². The lowest BCUT2D eigenvalue weighted by Crippen LogP contribution is -2.32. The van der Waals surface area contributed by atoms with Crippen LogP contribution in [0.15, 0.2) is 66.9 Å². The first-order chi connectivity index (χ1) is 14.5. The monoisotopic (exact) mass is 401 g/mol. The summed E-state index contributed by atoms with van der Waals surface area (Å²) in [5, 5.41) is 0. The van der Waals surface area contributed by atoms with E-state index in [4.69, 9.17) is 0 Å². The van der Waals surface area contributed by atoms with Crippen LogP contribution in [0.3, 0.4) is 0 Å². The fraction of sp³-hybridized carbons (Fsp3) is 0.333. The van der Waals surface area contributed by atoms with Gasteiger partial charge in [-0.1, -0.05) is 55.7 Å². The van der Waals surface area contributed by atoms with Crippen LogP contribution in [0.5, 0.6) is 0 Å². The molecule has 4 rings (SSSR count). The summed E-state index contributed by atoms with van der Waals surface area (Å²) in [6.07, 6.45) is 8.05. The normalized spacial score (nSPS) is 15.7. The Labute approximate surface area is 178 Å². The molecule has 0 atom stereocenters. The molecule has 1 aromatic heterocycles. The molecule has 0 saturated heterocycles. The van der Waals surface area contributed by atoms with Crippen molar-refractivity contribution in [2.45, 2.75) is 57.3 Å². The number of aryl methyl sites for hydroxylation is 1. The van der Waals surface area contributed by atoms with Crippen molar-refractivity contribution in [3.63, 3.8) is 0 Å². The van der Waals surface area contributed by atoms with E-state index >= 15 is 0 Å². The lowest BCUT2D eigenvalue weighted by Gasteiger charge is -2.37. The van der Waals surface area contributed by atoms with Crippen LogP contribution in [0, 0.1) is 12.7 Å². The van der Waals surface area contributed by atoms with Crippen molar-refractivity contribution in [1.82, 2.24) is 4.98 Å². The smallest absolute Gasteiger partial charge is 0.138 e. The van der Waals surface area contributed by atoms with E-state index in [0.29, 0.717) is 12.8 Å². The van der Waals surface area contributed by atoms with E-state index in [0.717, 1.165) is 53.6 Å². The number of aromatic nitrogens is 1. The number of hydrogen-bond donors (Lipinski definition) is 0. The van der Waals surface area contributed by atoms with E-state index in [2.05, 4.69) is 23.2 Å². The number of Topliss-reactive ketones (excluding diaryl/α,β-unsaturated/α-hetero) is 1. The number of nitrogens with zero attached hydrogens (tertiary/aromatic N) is 1. The number of pyridine rings is 1. The van der Waals surface area contributed by atoms with Gasteiger partial charge in [-0.05, 0) is 66.3 Å². The highest BCUT2D eigenvalue weighted by Gasteiger charge is 2.36. The number of ketones is 1. The highest BCUT2D eigenvalue weighted by atomic mass is 19.1. The molecule has 0 radical (unpaired) electrons. The zero-order chi connectivity index (χ0) is 21.0. The highest BCUT2D eigenvalue weighted by molar-refractivity contribution is 5.82. The molecule has 0 N–H and O–H groups in total. The maximum absolute atomic E-state index is 13.9. The van der Waals surface area contributed by atoms with Gasteiger partial charge >= 0.3 is 0 Å². The predicted octanol–water partition coefficient (Wildman–Crippen LogP) is 6.60. The second kappa shape index (κ2) is 8.91. The molecule has 2 nitrogen and oxygen atoms in total. The van der Waals surface area contributed by atoms with Crippen LogP contribution in [0.4, 0.5) is 4.39 Å². The summed E-state index contributed by atoms with van der Waals surface area (Å²) in [5.41, 5.74) is 5.04. The van der Waals surface area contributed by atoms with Gasteiger partial charge in [0.25, 0.3) is 0 Å². The predicted molar refractivity (Wildman–Crippen MR) is 119 cm³/mol. The highest BCUT2D eigenvalue weighted by Crippen LogP contribution is 2.42. The number of rotatable bonds is 6. The molecule has 30 heavy (non-hydrogen) atoms. The molecular formula is C27H28FNO. The van der Waals surface area contributed by atoms with Gasteiger partial charge in [-0.15, -0.1) is 0 Å². The van der Waals surface area contributed by atoms with Gasteiger partial charge in [-0.25, -0.2) is 4.39 Å². The molecule has 0 bridgehead atoms. The molecule has 3 aromatic rings. The Bertz CT molecular complexity index is 1020. The van der Waals surface area contributed by atoms with Gasteiger partial charge in [0.15, 0.2) is 0 Å². The van der Waals surface area contributed by atoms with E-state index in [-0.39, 0.29) is 17.0 Å². The molecule has 1 fully saturated rings. The molecule has 0 unspecified atom stereocenters. The number of benzene rings is 2. The molecule has 0 aliphatic heterocycles. The largest absolute Gasteiger partial charge is 0.299 e. The maximum Gasteiger partial charge on any atom is 0.138 e. The first-order valence-corrected chi connectivity index (χ1v) is 10.8. The zero-order valence-corrected chi connectivity index (χ0v) is 17.5. The van der Waals surface area contributed by atoms with Gasteiger partial charge in [0, 0.05) is 30.1 Å². The number of carbonyl (C=O) groups is 1. The maximum atomic E-state index is 13.9. The molecule has 0 amide bonds.